The van der Waals surface area contributed by atoms with Crippen molar-refractivity contribution in [2.75, 3.05) is 13.2 Å². The van der Waals surface area contributed by atoms with Crippen molar-refractivity contribution in [3.63, 3.8) is 0 Å². The van der Waals surface area contributed by atoms with Gasteiger partial charge in [-0.25, -0.2) is 0 Å². The molecule has 17 heavy (non-hydrogen) atoms. The monoisotopic (exact) mass is 235 g/mol. The van der Waals surface area contributed by atoms with Crippen LogP contribution < -0.4 is 0 Å². The molecule has 0 unspecified atom stereocenters. The molecule has 1 amide bonds. The highest BCUT2D eigenvalue weighted by atomic mass is 16.3. The summed E-state index contributed by atoms with van der Waals surface area (Å²) in [6, 6.07) is 5.90. The van der Waals surface area contributed by atoms with E-state index >= 15 is 0 Å². The zero-order valence-electron chi connectivity index (χ0n) is 11.0. The van der Waals surface area contributed by atoms with E-state index in [9.17, 15) is 4.79 Å². The topological polar surface area (TPSA) is 40.5 Å². The van der Waals surface area contributed by atoms with Crippen molar-refractivity contribution in [2.24, 2.45) is 0 Å². The van der Waals surface area contributed by atoms with Gasteiger partial charge >= 0.3 is 0 Å². The summed E-state index contributed by atoms with van der Waals surface area (Å²) in [5, 5.41) is 9.00. The fourth-order valence-corrected chi connectivity index (χ4v) is 1.91. The van der Waals surface area contributed by atoms with Crippen molar-refractivity contribution in [3.8, 4) is 0 Å². The minimum Gasteiger partial charge on any atom is -0.395 e. The Morgan fingerprint density at radius 3 is 2.47 bits per heavy atom. The molecule has 0 aromatic heterocycles. The van der Waals surface area contributed by atoms with Gasteiger partial charge in [0.25, 0.3) is 5.91 Å². The van der Waals surface area contributed by atoms with Crippen LogP contribution in [0.5, 0.6) is 0 Å². The number of aliphatic hydroxyl groups excluding tert-OH is 1. The smallest absolute Gasteiger partial charge is 0.254 e. The van der Waals surface area contributed by atoms with E-state index in [1.54, 1.807) is 4.90 Å². The molecular weight excluding hydrogens is 214 g/mol. The van der Waals surface area contributed by atoms with E-state index in [2.05, 4.69) is 0 Å². The standard InChI is InChI=1S/C14H21NO2/c1-10(2)15(7-8-16)14(17)13-6-5-11(3)9-12(13)4/h5-6,9-10,16H,7-8H2,1-4H3. The van der Waals surface area contributed by atoms with Crippen LogP contribution >= 0.6 is 0 Å². The summed E-state index contributed by atoms with van der Waals surface area (Å²) >= 11 is 0. The van der Waals surface area contributed by atoms with E-state index < -0.39 is 0 Å². The van der Waals surface area contributed by atoms with Crippen LogP contribution in [-0.4, -0.2) is 35.1 Å². The van der Waals surface area contributed by atoms with E-state index in [-0.39, 0.29) is 18.6 Å². The molecule has 1 rings (SSSR count). The first-order chi connectivity index (χ1) is 7.97. The first-order valence-electron chi connectivity index (χ1n) is 5.96. The first-order valence-corrected chi connectivity index (χ1v) is 5.96. The Balaban J connectivity index is 3.01. The molecule has 1 aromatic carbocycles. The molecule has 1 aromatic rings. The van der Waals surface area contributed by atoms with Gasteiger partial charge in [0.1, 0.15) is 0 Å². The fourth-order valence-electron chi connectivity index (χ4n) is 1.91. The predicted molar refractivity (Wildman–Crippen MR) is 69.2 cm³/mol. The SMILES string of the molecule is Cc1ccc(C(=O)N(CCO)C(C)C)c(C)c1. The van der Waals surface area contributed by atoms with E-state index in [1.165, 1.54) is 0 Å². The Morgan fingerprint density at radius 2 is 2.00 bits per heavy atom. The lowest BCUT2D eigenvalue weighted by Gasteiger charge is -2.26. The van der Waals surface area contributed by atoms with Crippen molar-refractivity contribution >= 4 is 5.91 Å². The second-order valence-electron chi connectivity index (χ2n) is 4.63. The lowest BCUT2D eigenvalue weighted by molar-refractivity contribution is 0.0664. The van der Waals surface area contributed by atoms with Gasteiger partial charge < -0.3 is 10.0 Å². The molecule has 0 fully saturated rings. The molecule has 0 heterocycles. The number of hydrogen-bond donors (Lipinski definition) is 1. The molecule has 0 aliphatic carbocycles. The van der Waals surface area contributed by atoms with E-state index in [4.69, 9.17) is 5.11 Å². The average Bonchev–Trinajstić information content (AvgIpc) is 2.24. The Morgan fingerprint density at radius 1 is 1.35 bits per heavy atom. The third-order valence-corrected chi connectivity index (χ3v) is 2.84. The Bertz CT molecular complexity index is 399. The van der Waals surface area contributed by atoms with Crippen LogP contribution in [0.1, 0.15) is 35.3 Å². The Kier molecular flexibility index (Phi) is 4.70. The van der Waals surface area contributed by atoms with Gasteiger partial charge in [-0.1, -0.05) is 17.7 Å². The number of hydrogen-bond acceptors (Lipinski definition) is 2. The molecule has 0 bridgehead atoms. The summed E-state index contributed by atoms with van der Waals surface area (Å²) in [6.07, 6.45) is 0. The average molecular weight is 235 g/mol. The Hall–Kier alpha value is -1.35. The van der Waals surface area contributed by atoms with E-state index in [0.29, 0.717) is 6.54 Å². The third-order valence-electron chi connectivity index (χ3n) is 2.84. The van der Waals surface area contributed by atoms with Crippen LogP contribution in [0.2, 0.25) is 0 Å². The molecule has 0 saturated carbocycles. The predicted octanol–water partition coefficient (Wildman–Crippen LogP) is 2.15. The first kappa shape index (κ1) is 13.7. The van der Waals surface area contributed by atoms with Gasteiger partial charge in [-0.2, -0.15) is 0 Å². The van der Waals surface area contributed by atoms with Crippen LogP contribution in [0.3, 0.4) is 0 Å². The van der Waals surface area contributed by atoms with Crippen LogP contribution in [0.15, 0.2) is 18.2 Å². The minimum atomic E-state index is -0.00782. The summed E-state index contributed by atoms with van der Waals surface area (Å²) in [6.45, 7) is 8.24. The summed E-state index contributed by atoms with van der Waals surface area (Å²) in [7, 11) is 0. The van der Waals surface area contributed by atoms with Gasteiger partial charge in [0.2, 0.25) is 0 Å². The van der Waals surface area contributed by atoms with Gasteiger partial charge in [-0.15, -0.1) is 0 Å². The lowest BCUT2D eigenvalue weighted by atomic mass is 10.0. The normalized spacial score (nSPS) is 10.7. The molecule has 3 heteroatoms. The molecule has 0 saturated heterocycles. The number of carbonyl (C=O) groups is 1. The molecule has 0 spiro atoms. The highest BCUT2D eigenvalue weighted by Crippen LogP contribution is 2.14. The maximum absolute atomic E-state index is 12.3. The molecule has 1 N–H and O–H groups in total. The van der Waals surface area contributed by atoms with Gasteiger partial charge in [0, 0.05) is 18.2 Å². The van der Waals surface area contributed by atoms with Gasteiger partial charge in [0.05, 0.1) is 6.61 Å². The zero-order valence-corrected chi connectivity index (χ0v) is 11.0. The summed E-state index contributed by atoms with van der Waals surface area (Å²) < 4.78 is 0. The minimum absolute atomic E-state index is 0.00513. The molecule has 0 atom stereocenters. The van der Waals surface area contributed by atoms with E-state index in [0.717, 1.165) is 16.7 Å². The molecule has 0 aliphatic heterocycles. The van der Waals surface area contributed by atoms with Crippen LogP contribution in [0.25, 0.3) is 0 Å². The maximum Gasteiger partial charge on any atom is 0.254 e. The number of rotatable bonds is 4. The van der Waals surface area contributed by atoms with Crippen LogP contribution in [0, 0.1) is 13.8 Å². The fraction of sp³-hybridized carbons (Fsp3) is 0.500. The quantitative estimate of drug-likeness (QED) is 0.868. The maximum atomic E-state index is 12.3. The van der Waals surface area contributed by atoms with Crippen molar-refractivity contribution in [2.45, 2.75) is 33.7 Å². The molecule has 0 radical (unpaired) electrons. The van der Waals surface area contributed by atoms with Crippen LogP contribution in [-0.2, 0) is 0 Å². The second-order valence-corrected chi connectivity index (χ2v) is 4.63. The van der Waals surface area contributed by atoms with Crippen LogP contribution in [0.4, 0.5) is 0 Å². The number of carbonyl (C=O) groups excluding carboxylic acids is 1. The largest absolute Gasteiger partial charge is 0.395 e. The molecular formula is C14H21NO2. The van der Waals surface area contributed by atoms with Gasteiger partial charge in [-0.05, 0) is 39.3 Å². The summed E-state index contributed by atoms with van der Waals surface area (Å²) in [5.41, 5.74) is 2.86. The number of aryl methyl sites for hydroxylation is 2. The third kappa shape index (κ3) is 3.30. The van der Waals surface area contributed by atoms with Gasteiger partial charge in [-0.3, -0.25) is 4.79 Å². The number of amides is 1. The Labute approximate surface area is 103 Å². The van der Waals surface area contributed by atoms with Crippen molar-refractivity contribution < 1.29 is 9.90 Å². The van der Waals surface area contributed by atoms with Gasteiger partial charge in [0.15, 0.2) is 0 Å². The highest BCUT2D eigenvalue weighted by molar-refractivity contribution is 5.95. The number of aliphatic hydroxyl groups is 1. The van der Waals surface area contributed by atoms with E-state index in [1.807, 2.05) is 45.9 Å². The number of benzene rings is 1. The second kappa shape index (κ2) is 5.82. The van der Waals surface area contributed by atoms with Crippen molar-refractivity contribution in [1.82, 2.24) is 4.90 Å². The summed E-state index contributed by atoms with van der Waals surface area (Å²) in [4.78, 5) is 14.0. The zero-order chi connectivity index (χ0) is 13.0. The highest BCUT2D eigenvalue weighted by Gasteiger charge is 2.19. The molecule has 94 valence electrons. The lowest BCUT2D eigenvalue weighted by Crippen LogP contribution is -2.39. The number of nitrogens with zero attached hydrogens (tertiary/aromatic N) is 1. The van der Waals surface area contributed by atoms with Crippen molar-refractivity contribution in [3.05, 3.63) is 34.9 Å². The van der Waals surface area contributed by atoms with Crippen molar-refractivity contribution in [1.29, 1.82) is 0 Å². The molecule has 3 nitrogen and oxygen atoms in total. The summed E-state index contributed by atoms with van der Waals surface area (Å²) in [5.74, 6) is -0.00782. The molecule has 0 aliphatic rings.